The number of likely N-dealkylation sites (tertiary alicyclic amines) is 1. The van der Waals surface area contributed by atoms with Crippen molar-refractivity contribution in [3.63, 3.8) is 0 Å². The summed E-state index contributed by atoms with van der Waals surface area (Å²) in [7, 11) is 0. The Labute approximate surface area is 170 Å². The molecule has 2 atom stereocenters. The molecule has 6 nitrogen and oxygen atoms in total. The first-order chi connectivity index (χ1) is 13.6. The number of hydrogen-bond acceptors (Lipinski definition) is 5. The van der Waals surface area contributed by atoms with Gasteiger partial charge in [0.25, 0.3) is 5.91 Å². The summed E-state index contributed by atoms with van der Waals surface area (Å²) in [6, 6.07) is 3.98. The quantitative estimate of drug-likeness (QED) is 0.734. The van der Waals surface area contributed by atoms with Gasteiger partial charge in [-0.15, -0.1) is 0 Å². The van der Waals surface area contributed by atoms with E-state index in [2.05, 4.69) is 40.9 Å². The summed E-state index contributed by atoms with van der Waals surface area (Å²) in [6.07, 6.45) is 4.61. The molecule has 1 aliphatic rings. The van der Waals surface area contributed by atoms with Crippen LogP contribution in [0.1, 0.15) is 48.7 Å². The highest BCUT2D eigenvalue weighted by Crippen LogP contribution is 2.23. The highest BCUT2D eigenvalue weighted by molar-refractivity contribution is 7.07. The van der Waals surface area contributed by atoms with Crippen LogP contribution in [0.15, 0.2) is 39.8 Å². The van der Waals surface area contributed by atoms with Crippen molar-refractivity contribution in [3.05, 3.63) is 46.5 Å². The van der Waals surface area contributed by atoms with E-state index < -0.39 is 0 Å². The molecule has 152 valence electrons. The van der Waals surface area contributed by atoms with Gasteiger partial charge in [0.2, 0.25) is 5.91 Å². The maximum absolute atomic E-state index is 12.8. The number of rotatable bonds is 8. The fourth-order valence-corrected chi connectivity index (χ4v) is 4.58. The number of carbonyl (C=O) groups excluding carboxylic acids is 2. The van der Waals surface area contributed by atoms with E-state index in [9.17, 15) is 9.59 Å². The molecule has 2 amide bonds. The summed E-state index contributed by atoms with van der Waals surface area (Å²) < 4.78 is 5.01. The summed E-state index contributed by atoms with van der Waals surface area (Å²) in [6.45, 7) is 7.89. The monoisotopic (exact) mass is 403 g/mol. The van der Waals surface area contributed by atoms with Gasteiger partial charge >= 0.3 is 0 Å². The zero-order valence-electron chi connectivity index (χ0n) is 16.6. The normalized spacial score (nSPS) is 18.2. The van der Waals surface area contributed by atoms with E-state index in [0.29, 0.717) is 25.2 Å². The Kier molecular flexibility index (Phi) is 7.28. The molecule has 3 rings (SSSR count). The van der Waals surface area contributed by atoms with Gasteiger partial charge in [0.1, 0.15) is 6.26 Å². The van der Waals surface area contributed by atoms with Gasteiger partial charge in [-0.05, 0) is 54.4 Å². The molecule has 0 unspecified atom stereocenters. The lowest BCUT2D eigenvalue weighted by atomic mass is 9.96. The Bertz CT molecular complexity index is 741. The van der Waals surface area contributed by atoms with Crippen molar-refractivity contribution in [3.8, 4) is 0 Å². The topological polar surface area (TPSA) is 65.8 Å². The highest BCUT2D eigenvalue weighted by atomic mass is 32.1. The standard InChI is InChI=1S/C21H29N3O3S/c1-3-23(4-2)19(18-8-11-28-15-18)12-22-20(25)16-6-5-9-24(13-16)21(26)17-7-10-27-14-17/h7-8,10-11,14-16,19H,3-6,9,12-13H2,1-2H3,(H,22,25)/t16-,19+/m1/s1. The molecule has 1 fully saturated rings. The number of likely N-dealkylation sites (N-methyl/N-ethyl adjacent to an activating group) is 1. The Morgan fingerprint density at radius 2 is 2.18 bits per heavy atom. The van der Waals surface area contributed by atoms with Crippen molar-refractivity contribution in [2.45, 2.75) is 32.7 Å². The molecule has 1 saturated heterocycles. The second-order valence-corrected chi connectivity index (χ2v) is 7.92. The summed E-state index contributed by atoms with van der Waals surface area (Å²) in [5.74, 6) is -0.188. The van der Waals surface area contributed by atoms with Crippen LogP contribution >= 0.6 is 11.3 Å². The van der Waals surface area contributed by atoms with Crippen molar-refractivity contribution < 1.29 is 14.0 Å². The maximum atomic E-state index is 12.8. The minimum atomic E-state index is -0.163. The number of thiophene rings is 1. The fraction of sp³-hybridized carbons (Fsp3) is 0.524. The molecule has 2 aromatic heterocycles. The number of nitrogens with zero attached hydrogens (tertiary/aromatic N) is 2. The molecular formula is C21H29N3O3S. The minimum absolute atomic E-state index is 0.0390. The lowest BCUT2D eigenvalue weighted by Crippen LogP contribution is -2.47. The van der Waals surface area contributed by atoms with Crippen molar-refractivity contribution in [2.24, 2.45) is 5.92 Å². The lowest BCUT2D eigenvalue weighted by molar-refractivity contribution is -0.126. The van der Waals surface area contributed by atoms with Crippen LogP contribution < -0.4 is 5.32 Å². The first-order valence-corrected chi connectivity index (χ1v) is 10.9. The van der Waals surface area contributed by atoms with Crippen LogP contribution in [-0.2, 0) is 4.79 Å². The predicted molar refractivity (Wildman–Crippen MR) is 110 cm³/mol. The molecule has 0 aliphatic carbocycles. The Morgan fingerprint density at radius 3 is 2.82 bits per heavy atom. The van der Waals surface area contributed by atoms with E-state index in [1.165, 1.54) is 18.1 Å². The molecule has 0 spiro atoms. The van der Waals surface area contributed by atoms with Gasteiger partial charge in [-0.1, -0.05) is 13.8 Å². The van der Waals surface area contributed by atoms with Gasteiger partial charge in [-0.3, -0.25) is 14.5 Å². The van der Waals surface area contributed by atoms with Gasteiger partial charge in [0.15, 0.2) is 0 Å². The van der Waals surface area contributed by atoms with Crippen LogP contribution in [0.3, 0.4) is 0 Å². The van der Waals surface area contributed by atoms with Gasteiger partial charge in [0.05, 0.1) is 23.8 Å². The van der Waals surface area contributed by atoms with E-state index in [1.807, 2.05) is 0 Å². The Balaban J connectivity index is 1.59. The average molecular weight is 404 g/mol. The van der Waals surface area contributed by atoms with E-state index >= 15 is 0 Å². The molecule has 1 N–H and O–H groups in total. The molecule has 3 heterocycles. The van der Waals surface area contributed by atoms with Gasteiger partial charge in [-0.2, -0.15) is 11.3 Å². The van der Waals surface area contributed by atoms with Crippen LogP contribution in [-0.4, -0.2) is 54.3 Å². The number of nitrogens with one attached hydrogen (secondary N) is 1. The minimum Gasteiger partial charge on any atom is -0.472 e. The van der Waals surface area contributed by atoms with Crippen LogP contribution in [0.4, 0.5) is 0 Å². The fourth-order valence-electron chi connectivity index (χ4n) is 3.87. The van der Waals surface area contributed by atoms with Crippen molar-refractivity contribution in [1.29, 1.82) is 0 Å². The third-order valence-electron chi connectivity index (χ3n) is 5.50. The molecule has 0 aromatic carbocycles. The number of carbonyl (C=O) groups is 2. The molecule has 0 radical (unpaired) electrons. The second kappa shape index (κ2) is 9.89. The van der Waals surface area contributed by atoms with Crippen molar-refractivity contribution >= 4 is 23.2 Å². The third-order valence-corrected chi connectivity index (χ3v) is 6.20. The number of piperidine rings is 1. The lowest BCUT2D eigenvalue weighted by Gasteiger charge is -2.33. The van der Waals surface area contributed by atoms with Crippen molar-refractivity contribution in [2.75, 3.05) is 32.7 Å². The van der Waals surface area contributed by atoms with E-state index in [0.717, 1.165) is 25.9 Å². The average Bonchev–Trinajstić information content (AvgIpc) is 3.44. The van der Waals surface area contributed by atoms with E-state index in [-0.39, 0.29) is 23.8 Å². The molecule has 0 saturated carbocycles. The molecule has 7 heteroatoms. The molecular weight excluding hydrogens is 374 g/mol. The van der Waals surface area contributed by atoms with Crippen LogP contribution in [0.5, 0.6) is 0 Å². The number of furan rings is 1. The van der Waals surface area contributed by atoms with Crippen LogP contribution in [0, 0.1) is 5.92 Å². The molecule has 28 heavy (non-hydrogen) atoms. The summed E-state index contributed by atoms with van der Waals surface area (Å²) >= 11 is 1.68. The predicted octanol–water partition coefficient (Wildman–Crippen LogP) is 3.39. The molecule has 1 aliphatic heterocycles. The van der Waals surface area contributed by atoms with Crippen LogP contribution in [0.25, 0.3) is 0 Å². The van der Waals surface area contributed by atoms with Crippen LogP contribution in [0.2, 0.25) is 0 Å². The molecule has 0 bridgehead atoms. The van der Waals surface area contributed by atoms with Gasteiger partial charge < -0.3 is 14.6 Å². The van der Waals surface area contributed by atoms with Gasteiger partial charge in [-0.25, -0.2) is 0 Å². The first-order valence-electron chi connectivity index (χ1n) is 9.99. The SMILES string of the molecule is CCN(CC)[C@@H](CNC(=O)[C@@H]1CCCN(C(=O)c2ccoc2)C1)c1ccsc1. The largest absolute Gasteiger partial charge is 0.472 e. The Morgan fingerprint density at radius 1 is 1.36 bits per heavy atom. The summed E-state index contributed by atoms with van der Waals surface area (Å²) in [4.78, 5) is 29.5. The van der Waals surface area contributed by atoms with Crippen molar-refractivity contribution in [1.82, 2.24) is 15.1 Å². The third kappa shape index (κ3) is 4.83. The first kappa shape index (κ1) is 20.6. The summed E-state index contributed by atoms with van der Waals surface area (Å²) in [5, 5.41) is 7.38. The Hall–Kier alpha value is -2.12. The second-order valence-electron chi connectivity index (χ2n) is 7.14. The van der Waals surface area contributed by atoms with Gasteiger partial charge in [0, 0.05) is 19.6 Å². The maximum Gasteiger partial charge on any atom is 0.257 e. The zero-order chi connectivity index (χ0) is 19.9. The number of hydrogen-bond donors (Lipinski definition) is 1. The smallest absolute Gasteiger partial charge is 0.257 e. The van der Waals surface area contributed by atoms with E-state index in [4.69, 9.17) is 4.42 Å². The van der Waals surface area contributed by atoms with E-state index in [1.54, 1.807) is 22.3 Å². The zero-order valence-corrected chi connectivity index (χ0v) is 17.4. The number of amides is 2. The molecule has 2 aromatic rings. The highest BCUT2D eigenvalue weighted by Gasteiger charge is 2.30. The summed E-state index contributed by atoms with van der Waals surface area (Å²) in [5.41, 5.74) is 1.79.